The number of nitro groups is 1. The maximum atomic E-state index is 11.0. The monoisotopic (exact) mass is 361 g/mol. The molecule has 19 heavy (non-hydrogen) atoms. The Morgan fingerprint density at radius 2 is 1.89 bits per heavy atom. The number of halogens is 3. The molecule has 2 aromatic carbocycles. The molecule has 0 aliphatic rings. The van der Waals surface area contributed by atoms with Crippen molar-refractivity contribution in [1.29, 1.82) is 0 Å². The van der Waals surface area contributed by atoms with E-state index in [0.717, 1.165) is 0 Å². The second kappa shape index (κ2) is 5.77. The minimum atomic E-state index is -0.582. The zero-order chi connectivity index (χ0) is 14.0. The van der Waals surface area contributed by atoms with Gasteiger partial charge < -0.3 is 4.74 Å². The lowest BCUT2D eigenvalue weighted by molar-refractivity contribution is -0.385. The van der Waals surface area contributed by atoms with E-state index in [1.54, 1.807) is 24.3 Å². The van der Waals surface area contributed by atoms with Crippen molar-refractivity contribution in [2.45, 2.75) is 0 Å². The zero-order valence-electron chi connectivity index (χ0n) is 9.27. The fraction of sp³-hybridized carbons (Fsp3) is 0. The third-order valence-corrected chi connectivity index (χ3v) is 3.41. The number of hydrogen-bond donors (Lipinski definition) is 0. The van der Waals surface area contributed by atoms with Gasteiger partial charge in [0.2, 0.25) is 5.75 Å². The van der Waals surface area contributed by atoms with Crippen molar-refractivity contribution in [3.05, 3.63) is 61.0 Å². The van der Waals surface area contributed by atoms with Gasteiger partial charge in [-0.15, -0.1) is 0 Å². The SMILES string of the molecule is O=[N+]([O-])c1c(Cl)cccc1Oc1ccc(Cl)cc1Br. The fourth-order valence-corrected chi connectivity index (χ4v) is 2.43. The Morgan fingerprint density at radius 3 is 2.53 bits per heavy atom. The van der Waals surface area contributed by atoms with E-state index in [-0.39, 0.29) is 16.5 Å². The molecule has 0 N–H and O–H groups in total. The Kier molecular flexibility index (Phi) is 4.29. The van der Waals surface area contributed by atoms with Crippen molar-refractivity contribution in [3.8, 4) is 11.5 Å². The topological polar surface area (TPSA) is 52.4 Å². The summed E-state index contributed by atoms with van der Waals surface area (Å²) in [6.07, 6.45) is 0. The molecule has 0 aliphatic heterocycles. The van der Waals surface area contributed by atoms with Crippen molar-refractivity contribution in [1.82, 2.24) is 0 Å². The highest BCUT2D eigenvalue weighted by atomic mass is 79.9. The summed E-state index contributed by atoms with van der Waals surface area (Å²) >= 11 is 14.9. The lowest BCUT2D eigenvalue weighted by atomic mass is 10.3. The first kappa shape index (κ1) is 14.1. The quantitative estimate of drug-likeness (QED) is 0.538. The van der Waals surface area contributed by atoms with Crippen LogP contribution in [0.1, 0.15) is 0 Å². The minimum Gasteiger partial charge on any atom is -0.449 e. The van der Waals surface area contributed by atoms with Crippen LogP contribution in [0.5, 0.6) is 11.5 Å². The Bertz CT molecular complexity index is 649. The molecule has 98 valence electrons. The Labute approximate surface area is 127 Å². The standard InChI is InChI=1S/C12H6BrCl2NO3/c13-8-6-7(14)4-5-10(8)19-11-3-1-2-9(15)12(11)16(17)18/h1-6H. The third kappa shape index (κ3) is 3.18. The second-order valence-corrected chi connectivity index (χ2v) is 5.22. The van der Waals surface area contributed by atoms with Gasteiger partial charge in [0.1, 0.15) is 10.8 Å². The van der Waals surface area contributed by atoms with Crippen LogP contribution in [0.15, 0.2) is 40.9 Å². The first-order valence-corrected chi connectivity index (χ1v) is 6.59. The van der Waals surface area contributed by atoms with E-state index in [1.165, 1.54) is 12.1 Å². The van der Waals surface area contributed by atoms with Crippen LogP contribution in [0, 0.1) is 10.1 Å². The highest BCUT2D eigenvalue weighted by Crippen LogP contribution is 2.39. The summed E-state index contributed by atoms with van der Waals surface area (Å²) in [7, 11) is 0. The van der Waals surface area contributed by atoms with E-state index >= 15 is 0 Å². The van der Waals surface area contributed by atoms with Crippen molar-refractivity contribution in [2.75, 3.05) is 0 Å². The van der Waals surface area contributed by atoms with E-state index in [4.69, 9.17) is 27.9 Å². The molecule has 0 amide bonds. The molecule has 7 heteroatoms. The molecule has 0 saturated carbocycles. The van der Waals surface area contributed by atoms with Gasteiger partial charge in [0, 0.05) is 5.02 Å². The normalized spacial score (nSPS) is 10.3. The predicted octanol–water partition coefficient (Wildman–Crippen LogP) is 5.46. The summed E-state index contributed by atoms with van der Waals surface area (Å²) in [5.41, 5.74) is -0.272. The summed E-state index contributed by atoms with van der Waals surface area (Å²) in [6, 6.07) is 9.35. The van der Waals surface area contributed by atoms with E-state index < -0.39 is 4.92 Å². The molecular weight excluding hydrogens is 357 g/mol. The van der Waals surface area contributed by atoms with Crippen LogP contribution in [-0.2, 0) is 0 Å². The maximum absolute atomic E-state index is 11.0. The van der Waals surface area contributed by atoms with Crippen LogP contribution in [0.4, 0.5) is 5.69 Å². The lowest BCUT2D eigenvalue weighted by Gasteiger charge is -2.08. The molecule has 2 aromatic rings. The maximum Gasteiger partial charge on any atom is 0.329 e. The van der Waals surface area contributed by atoms with Gasteiger partial charge in [0.15, 0.2) is 0 Å². The summed E-state index contributed by atoms with van der Waals surface area (Å²) in [5, 5.41) is 11.5. The largest absolute Gasteiger partial charge is 0.449 e. The van der Waals surface area contributed by atoms with Crippen LogP contribution < -0.4 is 4.74 Å². The third-order valence-electron chi connectivity index (χ3n) is 2.25. The number of nitrogens with zero attached hydrogens (tertiary/aromatic N) is 1. The van der Waals surface area contributed by atoms with Crippen LogP contribution in [-0.4, -0.2) is 4.92 Å². The number of ether oxygens (including phenoxy) is 1. The molecule has 0 saturated heterocycles. The van der Waals surface area contributed by atoms with Gasteiger partial charge in [-0.05, 0) is 46.3 Å². The molecule has 4 nitrogen and oxygen atoms in total. The summed E-state index contributed by atoms with van der Waals surface area (Å²) in [4.78, 5) is 10.4. The van der Waals surface area contributed by atoms with Gasteiger partial charge in [0.05, 0.1) is 9.40 Å². The lowest BCUT2D eigenvalue weighted by Crippen LogP contribution is -1.94. The second-order valence-electron chi connectivity index (χ2n) is 3.52. The summed E-state index contributed by atoms with van der Waals surface area (Å²) in [5.74, 6) is 0.482. The van der Waals surface area contributed by atoms with Crippen molar-refractivity contribution in [3.63, 3.8) is 0 Å². The first-order valence-electron chi connectivity index (χ1n) is 5.05. The summed E-state index contributed by atoms with van der Waals surface area (Å²) in [6.45, 7) is 0. The van der Waals surface area contributed by atoms with Gasteiger partial charge in [-0.25, -0.2) is 0 Å². The molecule has 0 atom stereocenters. The summed E-state index contributed by atoms with van der Waals surface area (Å²) < 4.78 is 6.10. The van der Waals surface area contributed by atoms with Crippen LogP contribution in [0.2, 0.25) is 10.0 Å². The predicted molar refractivity (Wildman–Crippen MR) is 77.3 cm³/mol. The number of para-hydroxylation sites is 1. The van der Waals surface area contributed by atoms with Crippen molar-refractivity contribution < 1.29 is 9.66 Å². The Morgan fingerprint density at radius 1 is 1.16 bits per heavy atom. The molecule has 0 spiro atoms. The average molecular weight is 363 g/mol. The Balaban J connectivity index is 2.44. The molecule has 2 rings (SSSR count). The van der Waals surface area contributed by atoms with E-state index in [1.807, 2.05) is 0 Å². The first-order chi connectivity index (χ1) is 8.99. The van der Waals surface area contributed by atoms with Crippen LogP contribution in [0.3, 0.4) is 0 Å². The fourth-order valence-electron chi connectivity index (χ4n) is 1.43. The van der Waals surface area contributed by atoms with Crippen molar-refractivity contribution in [2.24, 2.45) is 0 Å². The smallest absolute Gasteiger partial charge is 0.329 e. The average Bonchev–Trinajstić information content (AvgIpc) is 2.32. The minimum absolute atomic E-state index is 0.0209. The van der Waals surface area contributed by atoms with Gasteiger partial charge in [0.25, 0.3) is 0 Å². The van der Waals surface area contributed by atoms with Crippen LogP contribution in [0.25, 0.3) is 0 Å². The van der Waals surface area contributed by atoms with E-state index in [0.29, 0.717) is 15.2 Å². The van der Waals surface area contributed by atoms with Crippen LogP contribution >= 0.6 is 39.1 Å². The molecule has 0 bridgehead atoms. The molecule has 0 radical (unpaired) electrons. The van der Waals surface area contributed by atoms with Gasteiger partial charge >= 0.3 is 5.69 Å². The van der Waals surface area contributed by atoms with Crippen molar-refractivity contribution >= 4 is 44.8 Å². The number of rotatable bonds is 3. The molecule has 0 heterocycles. The zero-order valence-corrected chi connectivity index (χ0v) is 12.4. The number of benzene rings is 2. The molecular formula is C12H6BrCl2NO3. The Hall–Kier alpha value is -1.30. The molecule has 0 aromatic heterocycles. The van der Waals surface area contributed by atoms with Gasteiger partial charge in [-0.3, -0.25) is 10.1 Å². The van der Waals surface area contributed by atoms with Gasteiger partial charge in [-0.1, -0.05) is 29.3 Å². The van der Waals surface area contributed by atoms with Gasteiger partial charge in [-0.2, -0.15) is 0 Å². The van der Waals surface area contributed by atoms with E-state index in [2.05, 4.69) is 15.9 Å². The highest BCUT2D eigenvalue weighted by Gasteiger charge is 2.20. The molecule has 0 unspecified atom stereocenters. The molecule has 0 fully saturated rings. The molecule has 0 aliphatic carbocycles. The van der Waals surface area contributed by atoms with E-state index in [9.17, 15) is 10.1 Å². The highest BCUT2D eigenvalue weighted by molar-refractivity contribution is 9.10. The number of hydrogen-bond acceptors (Lipinski definition) is 3. The number of nitro benzene ring substituents is 1.